The molecule has 0 spiro atoms. The van der Waals surface area contributed by atoms with E-state index in [1.54, 1.807) is 31.6 Å². The summed E-state index contributed by atoms with van der Waals surface area (Å²) in [5, 5.41) is 0. The lowest BCUT2D eigenvalue weighted by molar-refractivity contribution is 0.0975. The number of ketones is 1. The molecule has 2 aromatic rings. The Labute approximate surface area is 160 Å². The van der Waals surface area contributed by atoms with Crippen LogP contribution in [0.1, 0.15) is 40.7 Å². The van der Waals surface area contributed by atoms with Crippen molar-refractivity contribution in [1.29, 1.82) is 0 Å². The third kappa shape index (κ3) is 4.22. The predicted molar refractivity (Wildman–Crippen MR) is 103 cm³/mol. The van der Waals surface area contributed by atoms with Crippen molar-refractivity contribution in [1.82, 2.24) is 9.88 Å². The summed E-state index contributed by atoms with van der Waals surface area (Å²) in [4.78, 5) is 18.8. The summed E-state index contributed by atoms with van der Waals surface area (Å²) >= 11 is 0. The summed E-state index contributed by atoms with van der Waals surface area (Å²) in [6, 6.07) is 5.52. The minimum Gasteiger partial charge on any atom is -0.492 e. The normalized spacial score (nSPS) is 13.7. The van der Waals surface area contributed by atoms with Crippen molar-refractivity contribution in [2.24, 2.45) is 0 Å². The fourth-order valence-electron chi connectivity index (χ4n) is 3.41. The minimum atomic E-state index is -0.0210. The summed E-state index contributed by atoms with van der Waals surface area (Å²) in [5.74, 6) is 2.07. The van der Waals surface area contributed by atoms with Crippen LogP contribution in [0.15, 0.2) is 30.6 Å². The zero-order chi connectivity index (χ0) is 19.4. The molecule has 2 heterocycles. The molecule has 6 nitrogen and oxygen atoms in total. The molecule has 1 aliphatic heterocycles. The van der Waals surface area contributed by atoms with E-state index in [0.717, 1.165) is 24.1 Å². The zero-order valence-corrected chi connectivity index (χ0v) is 16.3. The topological polar surface area (TPSA) is 60.9 Å². The molecule has 3 rings (SSSR count). The van der Waals surface area contributed by atoms with Gasteiger partial charge in [-0.3, -0.25) is 9.78 Å². The van der Waals surface area contributed by atoms with Gasteiger partial charge < -0.3 is 19.1 Å². The second-order valence-corrected chi connectivity index (χ2v) is 7.03. The minimum absolute atomic E-state index is 0.0210. The third-order valence-corrected chi connectivity index (χ3v) is 4.76. The summed E-state index contributed by atoms with van der Waals surface area (Å²) in [6.07, 6.45) is 4.50. The smallest absolute Gasteiger partial charge is 0.231 e. The highest BCUT2D eigenvalue weighted by Crippen LogP contribution is 2.48. The van der Waals surface area contributed by atoms with Crippen molar-refractivity contribution < 1.29 is 19.0 Å². The van der Waals surface area contributed by atoms with Gasteiger partial charge in [-0.1, -0.05) is 6.92 Å². The van der Waals surface area contributed by atoms with Gasteiger partial charge in [0.25, 0.3) is 0 Å². The first-order valence-corrected chi connectivity index (χ1v) is 9.08. The fraction of sp³-hybridized carbons (Fsp3) is 0.429. The molecule has 1 unspecified atom stereocenters. The lowest BCUT2D eigenvalue weighted by Crippen LogP contribution is -2.17. The number of hydrogen-bond donors (Lipinski definition) is 0. The van der Waals surface area contributed by atoms with Crippen LogP contribution >= 0.6 is 0 Å². The molecule has 0 amide bonds. The molecule has 1 atom stereocenters. The van der Waals surface area contributed by atoms with E-state index in [2.05, 4.69) is 16.8 Å². The van der Waals surface area contributed by atoms with E-state index >= 15 is 0 Å². The molecule has 0 fully saturated rings. The maximum absolute atomic E-state index is 12.7. The maximum atomic E-state index is 12.7. The van der Waals surface area contributed by atoms with Gasteiger partial charge in [0.2, 0.25) is 12.5 Å². The highest BCUT2D eigenvalue weighted by atomic mass is 16.7. The molecule has 0 N–H and O–H groups in total. The Kier molecular flexibility index (Phi) is 5.96. The van der Waals surface area contributed by atoms with Gasteiger partial charge in [0.05, 0.1) is 7.11 Å². The Morgan fingerprint density at radius 1 is 1.30 bits per heavy atom. The summed E-state index contributed by atoms with van der Waals surface area (Å²) in [6.45, 7) is 3.13. The lowest BCUT2D eigenvalue weighted by atomic mass is 9.87. The van der Waals surface area contributed by atoms with Crippen LogP contribution < -0.4 is 14.2 Å². The number of ether oxygens (including phenoxy) is 3. The molecular formula is C21H26N2O4. The van der Waals surface area contributed by atoms with E-state index in [4.69, 9.17) is 14.2 Å². The average Bonchev–Trinajstić information content (AvgIpc) is 3.13. The number of Topliss-reactive ketones (excluding diaryl/α,β-unsaturated/α-hetero) is 1. The van der Waals surface area contributed by atoms with Gasteiger partial charge in [-0.2, -0.15) is 0 Å². The molecule has 0 radical (unpaired) electrons. The second kappa shape index (κ2) is 8.39. The number of nitrogens with zero attached hydrogens (tertiary/aromatic N) is 2. The Hall–Kier alpha value is -2.60. The first kappa shape index (κ1) is 19.2. The van der Waals surface area contributed by atoms with Crippen molar-refractivity contribution in [2.45, 2.75) is 25.7 Å². The Bertz CT molecular complexity index is 806. The van der Waals surface area contributed by atoms with Crippen LogP contribution in [0.25, 0.3) is 0 Å². The van der Waals surface area contributed by atoms with Gasteiger partial charge in [0.1, 0.15) is 0 Å². The van der Waals surface area contributed by atoms with E-state index in [0.29, 0.717) is 29.2 Å². The molecule has 0 aliphatic carbocycles. The molecule has 0 saturated heterocycles. The van der Waals surface area contributed by atoms with E-state index < -0.39 is 0 Å². The Morgan fingerprint density at radius 3 is 2.70 bits per heavy atom. The van der Waals surface area contributed by atoms with E-state index in [1.165, 1.54) is 0 Å². The number of methoxy groups -OCH3 is 1. The average molecular weight is 370 g/mol. The molecule has 6 heteroatoms. The van der Waals surface area contributed by atoms with Gasteiger partial charge in [-0.05, 0) is 50.2 Å². The highest BCUT2D eigenvalue weighted by Gasteiger charge is 2.28. The number of likely N-dealkylation sites (N-methyl/N-ethyl adjacent to an activating group) is 1. The van der Waals surface area contributed by atoms with E-state index in [9.17, 15) is 4.79 Å². The Balaban J connectivity index is 1.94. The van der Waals surface area contributed by atoms with Gasteiger partial charge in [0.15, 0.2) is 17.3 Å². The molecule has 1 aliphatic rings. The van der Waals surface area contributed by atoms with Crippen molar-refractivity contribution in [3.8, 4) is 17.2 Å². The van der Waals surface area contributed by atoms with Crippen LogP contribution in [0.3, 0.4) is 0 Å². The Morgan fingerprint density at radius 2 is 2.04 bits per heavy atom. The van der Waals surface area contributed by atoms with Crippen molar-refractivity contribution in [2.75, 3.05) is 34.5 Å². The molecule has 144 valence electrons. The van der Waals surface area contributed by atoms with E-state index in [1.807, 2.05) is 20.2 Å². The number of fused-ring (bicyclic) bond motifs is 1. The van der Waals surface area contributed by atoms with E-state index in [-0.39, 0.29) is 18.5 Å². The quantitative estimate of drug-likeness (QED) is 0.665. The molecule has 27 heavy (non-hydrogen) atoms. The number of aromatic nitrogens is 1. The monoisotopic (exact) mass is 370 g/mol. The molecule has 0 bridgehead atoms. The molecule has 1 aromatic heterocycles. The summed E-state index contributed by atoms with van der Waals surface area (Å²) in [7, 11) is 5.72. The number of carbonyl (C=O) groups excluding carboxylic acids is 1. The van der Waals surface area contributed by atoms with Gasteiger partial charge in [0, 0.05) is 36.5 Å². The third-order valence-electron chi connectivity index (χ3n) is 4.76. The molecule has 1 aromatic carbocycles. The van der Waals surface area contributed by atoms with Crippen LogP contribution in [0.4, 0.5) is 0 Å². The number of hydrogen-bond acceptors (Lipinski definition) is 6. The molecule has 0 saturated carbocycles. The largest absolute Gasteiger partial charge is 0.492 e. The summed E-state index contributed by atoms with van der Waals surface area (Å²) in [5.41, 5.74) is 2.82. The van der Waals surface area contributed by atoms with Crippen LogP contribution in [-0.4, -0.2) is 50.2 Å². The standard InChI is InChI=1S/C21H26N2O4/c1-14(11-17(24)15-5-8-22-9-6-15)19-16(7-10-23(2)3)12-18-20(21(19)25-4)27-13-26-18/h5-6,8-9,12,14H,7,10-11,13H2,1-4H3. The SMILES string of the molecule is COc1c2c(cc(CCN(C)C)c1C(C)CC(=O)c1ccncc1)OCO2. The van der Waals surface area contributed by atoms with Crippen LogP contribution in [0.2, 0.25) is 0 Å². The maximum Gasteiger partial charge on any atom is 0.231 e. The first-order valence-electron chi connectivity index (χ1n) is 9.08. The zero-order valence-electron chi connectivity index (χ0n) is 16.3. The van der Waals surface area contributed by atoms with Crippen molar-refractivity contribution >= 4 is 5.78 Å². The molecular weight excluding hydrogens is 344 g/mol. The van der Waals surface area contributed by atoms with Crippen LogP contribution in [-0.2, 0) is 6.42 Å². The van der Waals surface area contributed by atoms with Gasteiger partial charge in [-0.15, -0.1) is 0 Å². The summed E-state index contributed by atoms with van der Waals surface area (Å²) < 4.78 is 16.9. The van der Waals surface area contributed by atoms with Crippen molar-refractivity contribution in [3.63, 3.8) is 0 Å². The predicted octanol–water partition coefficient (Wildman–Crippen LogP) is 3.30. The lowest BCUT2D eigenvalue weighted by Gasteiger charge is -2.22. The van der Waals surface area contributed by atoms with Gasteiger partial charge >= 0.3 is 0 Å². The number of benzene rings is 1. The fourth-order valence-corrected chi connectivity index (χ4v) is 3.41. The number of pyridine rings is 1. The number of carbonyl (C=O) groups is 1. The van der Waals surface area contributed by atoms with Crippen LogP contribution in [0, 0.1) is 0 Å². The first-order chi connectivity index (χ1) is 13.0. The number of rotatable bonds is 8. The van der Waals surface area contributed by atoms with Crippen LogP contribution in [0.5, 0.6) is 17.2 Å². The van der Waals surface area contributed by atoms with Crippen molar-refractivity contribution in [3.05, 3.63) is 47.3 Å². The highest BCUT2D eigenvalue weighted by molar-refractivity contribution is 5.96. The van der Waals surface area contributed by atoms with Gasteiger partial charge in [-0.25, -0.2) is 0 Å². The second-order valence-electron chi connectivity index (χ2n) is 7.03.